The van der Waals surface area contributed by atoms with E-state index in [2.05, 4.69) is 51.7 Å². The van der Waals surface area contributed by atoms with Crippen LogP contribution in [0.25, 0.3) is 11.3 Å². The third kappa shape index (κ3) is 5.83. The van der Waals surface area contributed by atoms with Gasteiger partial charge in [0.05, 0.1) is 17.3 Å². The molecule has 3 nitrogen and oxygen atoms in total. The van der Waals surface area contributed by atoms with Gasteiger partial charge in [-0.05, 0) is 25.2 Å². The molecule has 0 aliphatic rings. The van der Waals surface area contributed by atoms with E-state index >= 15 is 0 Å². The maximum absolute atomic E-state index is 4.47. The Morgan fingerprint density at radius 1 is 1.19 bits per heavy atom. The molecule has 2 heterocycles. The molecule has 0 saturated heterocycles. The standard InChI is InChI=1S/C15H22N3S2.HI/c1-3-5-6-7-11-19-15-14(16-20-17-15)13-9-8-10-18(4-2)12-13;/h8-10,12H,3-7,11H2,1-2H3;1H/q+1;/p-1. The number of nitrogens with zero attached hydrogens (tertiary/aromatic N) is 3. The van der Waals surface area contributed by atoms with Crippen molar-refractivity contribution in [3.63, 3.8) is 0 Å². The Balaban J connectivity index is 0.00000220. The maximum atomic E-state index is 4.47. The predicted octanol–water partition coefficient (Wildman–Crippen LogP) is 1.19. The molecule has 0 amide bonds. The van der Waals surface area contributed by atoms with Crippen molar-refractivity contribution < 1.29 is 28.5 Å². The van der Waals surface area contributed by atoms with Gasteiger partial charge in [0.25, 0.3) is 0 Å². The summed E-state index contributed by atoms with van der Waals surface area (Å²) in [5.41, 5.74) is 2.21. The first-order valence-electron chi connectivity index (χ1n) is 7.30. The summed E-state index contributed by atoms with van der Waals surface area (Å²) in [7, 11) is 0. The van der Waals surface area contributed by atoms with Crippen LogP contribution < -0.4 is 28.5 Å². The Bertz CT molecular complexity index is 531. The van der Waals surface area contributed by atoms with Gasteiger partial charge in [-0.25, -0.2) is 4.57 Å². The molecule has 116 valence electrons. The molecule has 0 N–H and O–H groups in total. The van der Waals surface area contributed by atoms with Crippen LogP contribution in [0.1, 0.15) is 39.5 Å². The highest BCUT2D eigenvalue weighted by Gasteiger charge is 2.13. The lowest BCUT2D eigenvalue weighted by atomic mass is 10.2. The van der Waals surface area contributed by atoms with Crippen LogP contribution in [0.4, 0.5) is 0 Å². The Hall–Kier alpha value is -0.210. The van der Waals surface area contributed by atoms with E-state index in [4.69, 9.17) is 0 Å². The van der Waals surface area contributed by atoms with Crippen molar-refractivity contribution in [1.82, 2.24) is 8.75 Å². The highest BCUT2D eigenvalue weighted by atomic mass is 127. The van der Waals surface area contributed by atoms with E-state index in [1.807, 2.05) is 11.8 Å². The zero-order valence-corrected chi connectivity index (χ0v) is 16.4. The second-order valence-electron chi connectivity index (χ2n) is 4.75. The lowest BCUT2D eigenvalue weighted by Crippen LogP contribution is -3.00. The van der Waals surface area contributed by atoms with E-state index in [0.29, 0.717) is 0 Å². The number of hydrogen-bond donors (Lipinski definition) is 0. The van der Waals surface area contributed by atoms with Gasteiger partial charge in [-0.2, -0.15) is 8.75 Å². The minimum Gasteiger partial charge on any atom is -1.00 e. The molecule has 0 aromatic carbocycles. The number of aromatic nitrogens is 3. The molecule has 0 spiro atoms. The van der Waals surface area contributed by atoms with Crippen LogP contribution in [0.3, 0.4) is 0 Å². The van der Waals surface area contributed by atoms with Gasteiger partial charge >= 0.3 is 0 Å². The summed E-state index contributed by atoms with van der Waals surface area (Å²) < 4.78 is 11.1. The van der Waals surface area contributed by atoms with Crippen LogP contribution in [0, 0.1) is 0 Å². The van der Waals surface area contributed by atoms with Crippen LogP contribution in [-0.4, -0.2) is 14.5 Å². The van der Waals surface area contributed by atoms with Gasteiger partial charge in [-0.15, -0.1) is 11.8 Å². The summed E-state index contributed by atoms with van der Waals surface area (Å²) in [5, 5.41) is 1.08. The molecule has 0 aliphatic carbocycles. The van der Waals surface area contributed by atoms with E-state index in [9.17, 15) is 0 Å². The maximum Gasteiger partial charge on any atom is 0.178 e. The second-order valence-corrected chi connectivity index (χ2v) is 6.36. The van der Waals surface area contributed by atoms with E-state index in [0.717, 1.165) is 23.0 Å². The van der Waals surface area contributed by atoms with Crippen molar-refractivity contribution in [1.29, 1.82) is 0 Å². The SMILES string of the molecule is CCCCCCSc1nsnc1-c1ccc[n+](CC)c1.[I-]. The summed E-state index contributed by atoms with van der Waals surface area (Å²) in [5.74, 6) is 1.14. The van der Waals surface area contributed by atoms with Crippen LogP contribution in [0.15, 0.2) is 29.6 Å². The van der Waals surface area contributed by atoms with Crippen molar-refractivity contribution >= 4 is 23.5 Å². The summed E-state index contributed by atoms with van der Waals surface area (Å²) >= 11 is 3.15. The van der Waals surface area contributed by atoms with Crippen LogP contribution in [0.5, 0.6) is 0 Å². The first-order chi connectivity index (χ1) is 9.85. The average Bonchev–Trinajstić information content (AvgIpc) is 2.95. The lowest BCUT2D eigenvalue weighted by molar-refractivity contribution is -0.693. The van der Waals surface area contributed by atoms with Crippen LogP contribution in [0.2, 0.25) is 0 Å². The summed E-state index contributed by atoms with van der Waals surface area (Å²) in [6, 6.07) is 4.19. The van der Waals surface area contributed by atoms with E-state index in [1.54, 1.807) is 0 Å². The topological polar surface area (TPSA) is 29.7 Å². The molecule has 0 fully saturated rings. The minimum absolute atomic E-state index is 0. The predicted molar refractivity (Wildman–Crippen MR) is 86.1 cm³/mol. The average molecular weight is 435 g/mol. The molecular weight excluding hydrogens is 413 g/mol. The Morgan fingerprint density at radius 3 is 2.81 bits per heavy atom. The van der Waals surface area contributed by atoms with Gasteiger partial charge in [0.1, 0.15) is 17.3 Å². The number of unbranched alkanes of at least 4 members (excludes halogenated alkanes) is 3. The van der Waals surface area contributed by atoms with Gasteiger partial charge in [0, 0.05) is 6.07 Å². The zero-order chi connectivity index (χ0) is 14.2. The fraction of sp³-hybridized carbons (Fsp3) is 0.533. The molecule has 21 heavy (non-hydrogen) atoms. The smallest absolute Gasteiger partial charge is 0.178 e. The highest BCUT2D eigenvalue weighted by Crippen LogP contribution is 2.29. The number of pyridine rings is 1. The third-order valence-corrected chi connectivity index (χ3v) is 4.89. The molecule has 2 rings (SSSR count). The van der Waals surface area contributed by atoms with Crippen LogP contribution >= 0.6 is 23.5 Å². The highest BCUT2D eigenvalue weighted by molar-refractivity contribution is 7.99. The molecular formula is C15H22IN3S2. The molecule has 2 aromatic heterocycles. The number of halogens is 1. The third-order valence-electron chi connectivity index (χ3n) is 3.19. The Morgan fingerprint density at radius 2 is 2.05 bits per heavy atom. The first-order valence-corrected chi connectivity index (χ1v) is 9.01. The monoisotopic (exact) mass is 435 g/mol. The Labute approximate surface area is 152 Å². The van der Waals surface area contributed by atoms with E-state index in [-0.39, 0.29) is 24.0 Å². The molecule has 2 aromatic rings. The molecule has 6 heteroatoms. The summed E-state index contributed by atoms with van der Waals surface area (Å²) in [4.78, 5) is 0. The molecule has 0 saturated carbocycles. The number of hydrogen-bond acceptors (Lipinski definition) is 4. The molecule has 0 atom stereocenters. The van der Waals surface area contributed by atoms with Crippen molar-refractivity contribution in [3.8, 4) is 11.3 Å². The molecule has 0 aliphatic heterocycles. The molecule has 0 unspecified atom stereocenters. The van der Waals surface area contributed by atoms with Crippen LogP contribution in [-0.2, 0) is 6.54 Å². The molecule has 0 bridgehead atoms. The summed E-state index contributed by atoms with van der Waals surface area (Å²) in [6.07, 6.45) is 9.43. The summed E-state index contributed by atoms with van der Waals surface area (Å²) in [6.45, 7) is 5.37. The van der Waals surface area contributed by atoms with Gasteiger partial charge in [0.15, 0.2) is 12.4 Å². The van der Waals surface area contributed by atoms with Crippen molar-refractivity contribution in [2.24, 2.45) is 0 Å². The number of rotatable bonds is 8. The van der Waals surface area contributed by atoms with Crippen molar-refractivity contribution in [2.45, 2.75) is 51.1 Å². The van der Waals surface area contributed by atoms with Crippen molar-refractivity contribution in [3.05, 3.63) is 24.5 Å². The molecule has 0 radical (unpaired) electrons. The fourth-order valence-corrected chi connectivity index (χ4v) is 3.69. The normalized spacial score (nSPS) is 10.4. The number of thioether (sulfide) groups is 1. The van der Waals surface area contributed by atoms with Gasteiger partial charge in [-0.3, -0.25) is 0 Å². The van der Waals surface area contributed by atoms with Gasteiger partial charge < -0.3 is 24.0 Å². The quantitative estimate of drug-likeness (QED) is 0.270. The van der Waals surface area contributed by atoms with Gasteiger partial charge in [0.2, 0.25) is 0 Å². The van der Waals surface area contributed by atoms with E-state index in [1.165, 1.54) is 43.0 Å². The minimum atomic E-state index is 0. The van der Waals surface area contributed by atoms with E-state index < -0.39 is 0 Å². The zero-order valence-electron chi connectivity index (χ0n) is 12.6. The van der Waals surface area contributed by atoms with Gasteiger partial charge in [-0.1, -0.05) is 26.2 Å². The van der Waals surface area contributed by atoms with Crippen molar-refractivity contribution in [2.75, 3.05) is 5.75 Å². The number of aryl methyl sites for hydroxylation is 1. The second kappa shape index (κ2) is 10.5. The fourth-order valence-electron chi connectivity index (χ4n) is 2.01. The lowest BCUT2D eigenvalue weighted by Gasteiger charge is -2.01. The first kappa shape index (κ1) is 18.8. The largest absolute Gasteiger partial charge is 1.00 e. The Kier molecular flexibility index (Phi) is 9.42.